The van der Waals surface area contributed by atoms with Gasteiger partial charge < -0.3 is 4.98 Å². The smallest absolute Gasteiger partial charge is 0.166 e. The first kappa shape index (κ1) is 16.2. The highest BCUT2D eigenvalue weighted by molar-refractivity contribution is 7.99. The molecule has 0 unspecified atom stereocenters. The van der Waals surface area contributed by atoms with Crippen molar-refractivity contribution in [2.75, 3.05) is 5.75 Å². The number of nitrogens with one attached hydrogen (secondary N) is 1. The van der Waals surface area contributed by atoms with Crippen LogP contribution in [0.3, 0.4) is 0 Å². The zero-order valence-corrected chi connectivity index (χ0v) is 14.6. The first-order valence-electron chi connectivity index (χ1n) is 7.03. The molecule has 116 valence electrons. The lowest BCUT2D eigenvalue weighted by Crippen LogP contribution is -1.83. The Morgan fingerprint density at radius 1 is 0.957 bits per heavy atom. The monoisotopic (exact) mass is 360 g/mol. The van der Waals surface area contributed by atoms with E-state index in [9.17, 15) is 0 Å². The highest BCUT2D eigenvalue weighted by Gasteiger charge is 2.14. The predicted octanol–water partition coefficient (Wildman–Crippen LogP) is 6.33. The van der Waals surface area contributed by atoms with Gasteiger partial charge in [0, 0.05) is 26.9 Å². The molecule has 0 aliphatic heterocycles. The second-order valence-corrected chi connectivity index (χ2v) is 6.76. The highest BCUT2D eigenvalue weighted by Crippen LogP contribution is 2.33. The zero-order valence-electron chi connectivity index (χ0n) is 12.2. The minimum atomic E-state index is 0.707. The molecule has 0 aliphatic rings. The fourth-order valence-corrected chi connectivity index (χ4v) is 3.06. The number of imidazole rings is 1. The van der Waals surface area contributed by atoms with E-state index in [1.165, 1.54) is 0 Å². The lowest BCUT2D eigenvalue weighted by molar-refractivity contribution is 1.06. The van der Waals surface area contributed by atoms with E-state index >= 15 is 0 Å². The van der Waals surface area contributed by atoms with E-state index in [2.05, 4.69) is 11.6 Å². The van der Waals surface area contributed by atoms with Crippen LogP contribution in [0, 0.1) is 0 Å². The van der Waals surface area contributed by atoms with Gasteiger partial charge in [-0.3, -0.25) is 0 Å². The van der Waals surface area contributed by atoms with Gasteiger partial charge in [0.25, 0.3) is 0 Å². The van der Waals surface area contributed by atoms with Gasteiger partial charge in [-0.25, -0.2) is 4.98 Å². The molecule has 1 aromatic heterocycles. The van der Waals surface area contributed by atoms with Crippen molar-refractivity contribution in [2.24, 2.45) is 0 Å². The number of hydrogen-bond acceptors (Lipinski definition) is 2. The van der Waals surface area contributed by atoms with Crippen LogP contribution < -0.4 is 0 Å². The first-order chi connectivity index (χ1) is 11.2. The van der Waals surface area contributed by atoms with Crippen molar-refractivity contribution in [3.8, 4) is 22.5 Å². The second-order valence-electron chi connectivity index (χ2n) is 4.88. The van der Waals surface area contributed by atoms with Crippen LogP contribution in [0.4, 0.5) is 0 Å². The fourth-order valence-electron chi connectivity index (χ4n) is 2.20. The average Bonchev–Trinajstić information content (AvgIpc) is 2.98. The lowest BCUT2D eigenvalue weighted by Gasteiger charge is -2.03. The van der Waals surface area contributed by atoms with E-state index in [0.29, 0.717) is 10.0 Å². The van der Waals surface area contributed by atoms with Gasteiger partial charge in [-0.05, 0) is 24.3 Å². The molecule has 0 spiro atoms. The summed E-state index contributed by atoms with van der Waals surface area (Å²) in [6.45, 7) is 3.75. The van der Waals surface area contributed by atoms with Crippen molar-refractivity contribution >= 4 is 35.0 Å². The Morgan fingerprint density at radius 3 is 2.09 bits per heavy atom. The molecule has 1 N–H and O–H groups in total. The third-order valence-corrected chi connectivity index (χ3v) is 4.64. The van der Waals surface area contributed by atoms with Gasteiger partial charge in [0.15, 0.2) is 5.16 Å². The summed E-state index contributed by atoms with van der Waals surface area (Å²) in [7, 11) is 0. The van der Waals surface area contributed by atoms with E-state index in [1.54, 1.807) is 11.8 Å². The van der Waals surface area contributed by atoms with Crippen molar-refractivity contribution in [1.82, 2.24) is 9.97 Å². The molecule has 1 heterocycles. The lowest BCUT2D eigenvalue weighted by atomic mass is 10.1. The zero-order chi connectivity index (χ0) is 16.2. The van der Waals surface area contributed by atoms with Gasteiger partial charge in [-0.2, -0.15) is 0 Å². The van der Waals surface area contributed by atoms with Crippen LogP contribution in [0.5, 0.6) is 0 Å². The summed E-state index contributed by atoms with van der Waals surface area (Å²) < 4.78 is 0. The summed E-state index contributed by atoms with van der Waals surface area (Å²) >= 11 is 13.6. The van der Waals surface area contributed by atoms with Crippen LogP contribution in [0.25, 0.3) is 22.5 Å². The second kappa shape index (κ2) is 7.26. The third-order valence-electron chi connectivity index (χ3n) is 3.27. The summed E-state index contributed by atoms with van der Waals surface area (Å²) in [4.78, 5) is 8.12. The predicted molar refractivity (Wildman–Crippen MR) is 100 cm³/mol. The summed E-state index contributed by atoms with van der Waals surface area (Å²) in [6, 6.07) is 15.4. The molecule has 0 fully saturated rings. The largest absolute Gasteiger partial charge is 0.332 e. The van der Waals surface area contributed by atoms with Crippen LogP contribution in [0.15, 0.2) is 66.3 Å². The maximum Gasteiger partial charge on any atom is 0.166 e. The van der Waals surface area contributed by atoms with Crippen molar-refractivity contribution in [3.63, 3.8) is 0 Å². The number of benzene rings is 2. The molecule has 0 amide bonds. The topological polar surface area (TPSA) is 28.7 Å². The van der Waals surface area contributed by atoms with Crippen molar-refractivity contribution in [1.29, 1.82) is 0 Å². The normalized spacial score (nSPS) is 10.7. The molecule has 0 saturated carbocycles. The molecule has 5 heteroatoms. The molecule has 23 heavy (non-hydrogen) atoms. The average molecular weight is 361 g/mol. The molecule has 0 radical (unpaired) electrons. The van der Waals surface area contributed by atoms with Crippen LogP contribution >= 0.6 is 35.0 Å². The Balaban J connectivity index is 2.08. The summed E-state index contributed by atoms with van der Waals surface area (Å²) in [6.07, 6.45) is 1.86. The SMILES string of the molecule is C=CCSc1nc(-c2ccc(Cl)cc2)c(-c2ccc(Cl)cc2)[nH]1. The Labute approximate surface area is 149 Å². The van der Waals surface area contributed by atoms with E-state index in [-0.39, 0.29) is 0 Å². The molecule has 2 nitrogen and oxygen atoms in total. The van der Waals surface area contributed by atoms with E-state index in [0.717, 1.165) is 33.4 Å². The quantitative estimate of drug-likeness (QED) is 0.425. The van der Waals surface area contributed by atoms with Gasteiger partial charge in [0.05, 0.1) is 11.4 Å². The van der Waals surface area contributed by atoms with Crippen LogP contribution in [0.2, 0.25) is 10.0 Å². The Bertz CT molecular complexity index is 745. The van der Waals surface area contributed by atoms with Gasteiger partial charge in [0.2, 0.25) is 0 Å². The Hall–Kier alpha value is -1.68. The first-order valence-corrected chi connectivity index (χ1v) is 8.77. The number of rotatable bonds is 5. The summed E-state index contributed by atoms with van der Waals surface area (Å²) in [5.41, 5.74) is 3.92. The molecule has 0 aliphatic carbocycles. The number of nitrogens with zero attached hydrogens (tertiary/aromatic N) is 1. The fraction of sp³-hybridized carbons (Fsp3) is 0.0556. The van der Waals surface area contributed by atoms with Gasteiger partial charge >= 0.3 is 0 Å². The van der Waals surface area contributed by atoms with Crippen LogP contribution in [-0.4, -0.2) is 15.7 Å². The number of thioether (sulfide) groups is 1. The molecule has 0 bridgehead atoms. The maximum absolute atomic E-state index is 5.99. The van der Waals surface area contributed by atoms with Crippen molar-refractivity contribution in [2.45, 2.75) is 5.16 Å². The standard InChI is InChI=1S/C18H14Cl2N2S/c1-2-11-23-18-21-16(12-3-7-14(19)8-4-12)17(22-18)13-5-9-15(20)10-6-13/h2-10H,1,11H2,(H,21,22). The Kier molecular flexibility index (Phi) is 5.11. The molecule has 3 aromatic rings. The molecule has 0 saturated heterocycles. The number of H-pyrrole nitrogens is 1. The minimum absolute atomic E-state index is 0.707. The third kappa shape index (κ3) is 3.81. The van der Waals surface area contributed by atoms with Crippen LogP contribution in [-0.2, 0) is 0 Å². The number of aromatic amines is 1. The van der Waals surface area contributed by atoms with Crippen molar-refractivity contribution < 1.29 is 0 Å². The van der Waals surface area contributed by atoms with Crippen molar-refractivity contribution in [3.05, 3.63) is 71.2 Å². The van der Waals surface area contributed by atoms with Gasteiger partial charge in [-0.15, -0.1) is 6.58 Å². The molecular formula is C18H14Cl2N2S. The number of hydrogen-bond donors (Lipinski definition) is 1. The van der Waals surface area contributed by atoms with E-state index in [4.69, 9.17) is 28.2 Å². The Morgan fingerprint density at radius 2 is 1.52 bits per heavy atom. The highest BCUT2D eigenvalue weighted by atomic mass is 35.5. The summed E-state index contributed by atoms with van der Waals surface area (Å²) in [5, 5.41) is 2.28. The van der Waals surface area contributed by atoms with E-state index < -0.39 is 0 Å². The molecule has 3 rings (SSSR count). The van der Waals surface area contributed by atoms with Crippen LogP contribution in [0.1, 0.15) is 0 Å². The molecule has 0 atom stereocenters. The number of aromatic nitrogens is 2. The van der Waals surface area contributed by atoms with Gasteiger partial charge in [-0.1, -0.05) is 65.3 Å². The van der Waals surface area contributed by atoms with Gasteiger partial charge in [0.1, 0.15) is 0 Å². The minimum Gasteiger partial charge on any atom is -0.332 e. The maximum atomic E-state index is 5.99. The van der Waals surface area contributed by atoms with E-state index in [1.807, 2.05) is 54.6 Å². The summed E-state index contributed by atoms with van der Waals surface area (Å²) in [5.74, 6) is 0.799. The number of halogens is 2. The molecule has 2 aromatic carbocycles. The molecular weight excluding hydrogens is 347 g/mol.